The van der Waals surface area contributed by atoms with E-state index in [4.69, 9.17) is 21.4 Å². The second kappa shape index (κ2) is 6.47. The summed E-state index contributed by atoms with van der Waals surface area (Å²) < 4.78 is 5.24. The molecule has 0 amide bonds. The number of nitrogens with one attached hydrogen (secondary N) is 1. The number of carboxylic acid groups (broad SMARTS) is 1. The van der Waals surface area contributed by atoms with E-state index in [-0.39, 0.29) is 6.42 Å². The second-order valence-corrected chi connectivity index (χ2v) is 4.14. The van der Waals surface area contributed by atoms with Crippen LogP contribution in [0.15, 0.2) is 12.1 Å². The zero-order valence-corrected chi connectivity index (χ0v) is 10.7. The van der Waals surface area contributed by atoms with Gasteiger partial charge in [-0.25, -0.2) is 0 Å². The Morgan fingerprint density at radius 1 is 1.53 bits per heavy atom. The average molecular weight is 258 g/mol. The third-order valence-corrected chi connectivity index (χ3v) is 2.80. The van der Waals surface area contributed by atoms with E-state index in [0.29, 0.717) is 18.1 Å². The summed E-state index contributed by atoms with van der Waals surface area (Å²) in [5.74, 6) is -0.0545. The van der Waals surface area contributed by atoms with Crippen LogP contribution in [-0.2, 0) is 11.3 Å². The van der Waals surface area contributed by atoms with Crippen molar-refractivity contribution < 1.29 is 14.6 Å². The van der Waals surface area contributed by atoms with Crippen molar-refractivity contribution in [2.75, 3.05) is 13.7 Å². The molecular weight excluding hydrogens is 242 g/mol. The Morgan fingerprint density at radius 3 is 2.82 bits per heavy atom. The number of aliphatic carboxylic acids is 1. The van der Waals surface area contributed by atoms with Crippen LogP contribution in [0.1, 0.15) is 17.5 Å². The Hall–Kier alpha value is -1.26. The van der Waals surface area contributed by atoms with E-state index in [1.54, 1.807) is 7.11 Å². The van der Waals surface area contributed by atoms with Crippen LogP contribution in [0.3, 0.4) is 0 Å². The molecule has 0 aliphatic rings. The molecule has 1 aromatic rings. The van der Waals surface area contributed by atoms with Crippen LogP contribution in [0.25, 0.3) is 0 Å². The van der Waals surface area contributed by atoms with Gasteiger partial charge in [0.1, 0.15) is 5.75 Å². The average Bonchev–Trinajstić information content (AvgIpc) is 2.28. The van der Waals surface area contributed by atoms with Crippen molar-refractivity contribution >= 4 is 17.6 Å². The highest BCUT2D eigenvalue weighted by Crippen LogP contribution is 2.26. The summed E-state index contributed by atoms with van der Waals surface area (Å²) in [5.41, 5.74) is 1.88. The molecule has 0 unspecified atom stereocenters. The van der Waals surface area contributed by atoms with Crippen LogP contribution in [0.4, 0.5) is 0 Å². The lowest BCUT2D eigenvalue weighted by Crippen LogP contribution is -2.18. The molecule has 0 aromatic heterocycles. The zero-order valence-electron chi connectivity index (χ0n) is 9.92. The fraction of sp³-hybridized carbons (Fsp3) is 0.417. The molecule has 0 heterocycles. The van der Waals surface area contributed by atoms with Crippen molar-refractivity contribution in [1.29, 1.82) is 0 Å². The summed E-state index contributed by atoms with van der Waals surface area (Å²) >= 11 is 6.03. The second-order valence-electron chi connectivity index (χ2n) is 3.73. The predicted octanol–water partition coefficient (Wildman–Crippen LogP) is 2.22. The maximum Gasteiger partial charge on any atom is 0.304 e. The van der Waals surface area contributed by atoms with Crippen molar-refractivity contribution in [3.8, 4) is 5.75 Å². The molecule has 0 aliphatic carbocycles. The number of rotatable bonds is 6. The number of ether oxygens (including phenoxy) is 1. The van der Waals surface area contributed by atoms with Gasteiger partial charge in [0.25, 0.3) is 0 Å². The monoisotopic (exact) mass is 257 g/mol. The first-order valence-corrected chi connectivity index (χ1v) is 5.68. The zero-order chi connectivity index (χ0) is 12.8. The minimum absolute atomic E-state index is 0.0991. The van der Waals surface area contributed by atoms with Crippen LogP contribution in [-0.4, -0.2) is 24.7 Å². The van der Waals surface area contributed by atoms with E-state index >= 15 is 0 Å². The van der Waals surface area contributed by atoms with E-state index in [9.17, 15) is 4.79 Å². The number of carbonyl (C=O) groups is 1. The summed E-state index contributed by atoms with van der Waals surface area (Å²) in [4.78, 5) is 10.3. The molecule has 94 valence electrons. The van der Waals surface area contributed by atoms with Crippen molar-refractivity contribution in [1.82, 2.24) is 5.32 Å². The normalized spacial score (nSPS) is 10.3. The van der Waals surface area contributed by atoms with Gasteiger partial charge >= 0.3 is 5.97 Å². The SMILES string of the molecule is COc1cc(C)c(Cl)cc1CNCCC(=O)O. The lowest BCUT2D eigenvalue weighted by Gasteiger charge is -2.11. The van der Waals surface area contributed by atoms with Gasteiger partial charge in [0.2, 0.25) is 0 Å². The first-order chi connectivity index (χ1) is 8.04. The molecule has 0 fully saturated rings. The molecule has 0 spiro atoms. The van der Waals surface area contributed by atoms with Gasteiger partial charge in [0.05, 0.1) is 13.5 Å². The van der Waals surface area contributed by atoms with Crippen molar-refractivity contribution in [3.05, 3.63) is 28.3 Å². The largest absolute Gasteiger partial charge is 0.496 e. The lowest BCUT2D eigenvalue weighted by atomic mass is 10.1. The third-order valence-electron chi connectivity index (χ3n) is 2.39. The molecule has 1 aromatic carbocycles. The molecular formula is C12H16ClNO3. The number of benzene rings is 1. The highest BCUT2D eigenvalue weighted by Gasteiger charge is 2.06. The van der Waals surface area contributed by atoms with E-state index in [2.05, 4.69) is 5.32 Å². The molecule has 5 heteroatoms. The van der Waals surface area contributed by atoms with Gasteiger partial charge in [-0.2, -0.15) is 0 Å². The Balaban J connectivity index is 2.63. The molecule has 4 nitrogen and oxygen atoms in total. The summed E-state index contributed by atoms with van der Waals surface area (Å²) in [6.45, 7) is 2.87. The van der Waals surface area contributed by atoms with Gasteiger partial charge in [-0.1, -0.05) is 11.6 Å². The first kappa shape index (κ1) is 13.8. The Kier molecular flexibility index (Phi) is 5.25. The quantitative estimate of drug-likeness (QED) is 0.768. The Labute approximate surface area is 106 Å². The molecule has 0 bridgehead atoms. The maximum absolute atomic E-state index is 10.3. The highest BCUT2D eigenvalue weighted by atomic mass is 35.5. The van der Waals surface area contributed by atoms with E-state index < -0.39 is 5.97 Å². The van der Waals surface area contributed by atoms with Crippen LogP contribution < -0.4 is 10.1 Å². The summed E-state index contributed by atoms with van der Waals surface area (Å²) in [5, 5.41) is 12.2. The summed E-state index contributed by atoms with van der Waals surface area (Å²) in [6, 6.07) is 3.71. The molecule has 0 saturated carbocycles. The highest BCUT2D eigenvalue weighted by molar-refractivity contribution is 6.31. The molecule has 0 saturated heterocycles. The maximum atomic E-state index is 10.3. The van der Waals surface area contributed by atoms with Crippen molar-refractivity contribution in [2.24, 2.45) is 0 Å². The van der Waals surface area contributed by atoms with E-state index in [0.717, 1.165) is 16.9 Å². The van der Waals surface area contributed by atoms with Crippen molar-refractivity contribution in [2.45, 2.75) is 19.9 Å². The van der Waals surface area contributed by atoms with Crippen LogP contribution in [0, 0.1) is 6.92 Å². The fourth-order valence-electron chi connectivity index (χ4n) is 1.44. The predicted molar refractivity (Wildman–Crippen MR) is 66.7 cm³/mol. The molecule has 0 radical (unpaired) electrons. The van der Waals surface area contributed by atoms with Gasteiger partial charge in [-0.15, -0.1) is 0 Å². The topological polar surface area (TPSA) is 58.6 Å². The molecule has 0 aliphatic heterocycles. The van der Waals surface area contributed by atoms with Gasteiger partial charge in [-0.05, 0) is 24.6 Å². The standard InChI is InChI=1S/C12H16ClNO3/c1-8-5-11(17-2)9(6-10(8)13)7-14-4-3-12(15)16/h5-6,14H,3-4,7H2,1-2H3,(H,15,16). The summed E-state index contributed by atoms with van der Waals surface area (Å²) in [6.07, 6.45) is 0.0991. The summed E-state index contributed by atoms with van der Waals surface area (Å²) in [7, 11) is 1.60. The molecule has 1 rings (SSSR count). The number of methoxy groups -OCH3 is 1. The van der Waals surface area contributed by atoms with Crippen LogP contribution >= 0.6 is 11.6 Å². The molecule has 17 heavy (non-hydrogen) atoms. The molecule has 0 atom stereocenters. The van der Waals surface area contributed by atoms with Crippen molar-refractivity contribution in [3.63, 3.8) is 0 Å². The first-order valence-electron chi connectivity index (χ1n) is 5.30. The smallest absolute Gasteiger partial charge is 0.304 e. The fourth-order valence-corrected chi connectivity index (χ4v) is 1.63. The number of hydrogen-bond acceptors (Lipinski definition) is 3. The number of carboxylic acids is 1. The van der Waals surface area contributed by atoms with E-state index in [1.165, 1.54) is 0 Å². The number of halogens is 1. The van der Waals surface area contributed by atoms with Gasteiger partial charge in [0, 0.05) is 23.7 Å². The van der Waals surface area contributed by atoms with Crippen LogP contribution in [0.2, 0.25) is 5.02 Å². The Morgan fingerprint density at radius 2 is 2.24 bits per heavy atom. The van der Waals surface area contributed by atoms with Gasteiger partial charge in [0.15, 0.2) is 0 Å². The van der Waals surface area contributed by atoms with Gasteiger partial charge in [-0.3, -0.25) is 4.79 Å². The Bertz CT molecular complexity index is 407. The van der Waals surface area contributed by atoms with Crippen LogP contribution in [0.5, 0.6) is 5.75 Å². The minimum atomic E-state index is -0.814. The molecule has 2 N–H and O–H groups in total. The lowest BCUT2D eigenvalue weighted by molar-refractivity contribution is -0.136. The third kappa shape index (κ3) is 4.24. The minimum Gasteiger partial charge on any atom is -0.496 e. The number of aryl methyl sites for hydroxylation is 1. The van der Waals surface area contributed by atoms with E-state index in [1.807, 2.05) is 19.1 Å². The van der Waals surface area contributed by atoms with Gasteiger partial charge < -0.3 is 15.2 Å². The number of hydrogen-bond donors (Lipinski definition) is 2.